The van der Waals surface area contributed by atoms with Gasteiger partial charge in [0.2, 0.25) is 5.91 Å². The SMILES string of the molecule is Cc1c(CCC(=O)N[C@@H](C)C(=O)O)c(=O)oc2cc3c(cc12)CCC(C)(C)O3. The molecule has 0 saturated carbocycles. The number of carboxylic acid groups (broad SMARTS) is 1. The van der Waals surface area contributed by atoms with Gasteiger partial charge < -0.3 is 19.6 Å². The monoisotopic (exact) mass is 387 g/mol. The molecule has 1 amide bonds. The highest BCUT2D eigenvalue weighted by molar-refractivity contribution is 5.85. The third-order valence-corrected chi connectivity index (χ3v) is 5.20. The van der Waals surface area contributed by atoms with Crippen molar-refractivity contribution in [3.05, 3.63) is 39.2 Å². The molecule has 2 N–H and O–H groups in total. The van der Waals surface area contributed by atoms with Crippen LogP contribution in [-0.2, 0) is 22.4 Å². The van der Waals surface area contributed by atoms with Crippen LogP contribution < -0.4 is 15.7 Å². The van der Waals surface area contributed by atoms with E-state index in [2.05, 4.69) is 5.32 Å². The number of hydrogen-bond donors (Lipinski definition) is 2. The molecule has 0 unspecified atom stereocenters. The van der Waals surface area contributed by atoms with Gasteiger partial charge in [0.15, 0.2) is 0 Å². The third-order valence-electron chi connectivity index (χ3n) is 5.20. The zero-order chi connectivity index (χ0) is 20.6. The summed E-state index contributed by atoms with van der Waals surface area (Å²) < 4.78 is 11.5. The van der Waals surface area contributed by atoms with E-state index in [1.807, 2.05) is 26.8 Å². The van der Waals surface area contributed by atoms with E-state index in [-0.39, 0.29) is 18.4 Å². The fourth-order valence-electron chi connectivity index (χ4n) is 3.44. The molecule has 1 aliphatic heterocycles. The number of aliphatic carboxylic acids is 1. The Morgan fingerprint density at radius 3 is 2.71 bits per heavy atom. The van der Waals surface area contributed by atoms with Gasteiger partial charge in [-0.15, -0.1) is 0 Å². The van der Waals surface area contributed by atoms with Crippen LogP contribution in [0.3, 0.4) is 0 Å². The normalized spacial score (nSPS) is 16.1. The van der Waals surface area contributed by atoms with E-state index in [1.54, 1.807) is 6.07 Å². The maximum Gasteiger partial charge on any atom is 0.339 e. The smallest absolute Gasteiger partial charge is 0.339 e. The van der Waals surface area contributed by atoms with Crippen molar-refractivity contribution in [1.82, 2.24) is 5.32 Å². The lowest BCUT2D eigenvalue weighted by Crippen LogP contribution is -2.38. The highest BCUT2D eigenvalue weighted by Crippen LogP contribution is 2.36. The van der Waals surface area contributed by atoms with Crippen molar-refractivity contribution in [3.8, 4) is 5.75 Å². The summed E-state index contributed by atoms with van der Waals surface area (Å²) in [5.74, 6) is -0.791. The minimum Gasteiger partial charge on any atom is -0.487 e. The molecule has 0 spiro atoms. The van der Waals surface area contributed by atoms with E-state index >= 15 is 0 Å². The van der Waals surface area contributed by atoms with Gasteiger partial charge in [-0.2, -0.15) is 0 Å². The largest absolute Gasteiger partial charge is 0.487 e. The lowest BCUT2D eigenvalue weighted by Gasteiger charge is -2.32. The van der Waals surface area contributed by atoms with Gasteiger partial charge in [-0.1, -0.05) is 0 Å². The van der Waals surface area contributed by atoms with E-state index in [1.165, 1.54) is 6.92 Å². The Balaban J connectivity index is 1.87. The van der Waals surface area contributed by atoms with Crippen molar-refractivity contribution >= 4 is 22.8 Å². The first kappa shape index (κ1) is 19.9. The van der Waals surface area contributed by atoms with Gasteiger partial charge in [-0.05, 0) is 64.2 Å². The number of carbonyl (C=O) groups excluding carboxylic acids is 1. The molecule has 1 aromatic carbocycles. The van der Waals surface area contributed by atoms with Crippen LogP contribution in [0.4, 0.5) is 0 Å². The van der Waals surface area contributed by atoms with Crippen LogP contribution >= 0.6 is 0 Å². The van der Waals surface area contributed by atoms with Gasteiger partial charge in [0.25, 0.3) is 0 Å². The van der Waals surface area contributed by atoms with Gasteiger partial charge in [0.05, 0.1) is 0 Å². The summed E-state index contributed by atoms with van der Waals surface area (Å²) in [6.07, 6.45) is 1.97. The van der Waals surface area contributed by atoms with E-state index in [9.17, 15) is 14.4 Å². The lowest BCUT2D eigenvalue weighted by molar-refractivity contribution is -0.141. The summed E-state index contributed by atoms with van der Waals surface area (Å²) in [4.78, 5) is 35.2. The van der Waals surface area contributed by atoms with Crippen LogP contribution in [0.25, 0.3) is 11.0 Å². The predicted molar refractivity (Wildman–Crippen MR) is 104 cm³/mol. The number of fused-ring (bicyclic) bond motifs is 2. The van der Waals surface area contributed by atoms with Crippen molar-refractivity contribution in [2.45, 2.75) is 65.0 Å². The number of amides is 1. The Morgan fingerprint density at radius 1 is 1.32 bits per heavy atom. The topological polar surface area (TPSA) is 106 Å². The second kappa shape index (κ2) is 7.30. The minimum absolute atomic E-state index is 0.0109. The summed E-state index contributed by atoms with van der Waals surface area (Å²) in [5.41, 5.74) is 2.00. The van der Waals surface area contributed by atoms with Crippen LogP contribution in [0.5, 0.6) is 5.75 Å². The summed E-state index contributed by atoms with van der Waals surface area (Å²) in [7, 11) is 0. The average molecular weight is 387 g/mol. The first-order chi connectivity index (χ1) is 13.1. The Kier molecular flexibility index (Phi) is 5.19. The minimum atomic E-state index is -1.11. The molecule has 2 aromatic rings. The summed E-state index contributed by atoms with van der Waals surface area (Å²) in [6, 6.07) is 2.79. The van der Waals surface area contributed by atoms with E-state index in [0.717, 1.165) is 35.1 Å². The van der Waals surface area contributed by atoms with Gasteiger partial charge in [-0.25, -0.2) is 4.79 Å². The molecule has 150 valence electrons. The molecule has 1 atom stereocenters. The third kappa shape index (κ3) is 4.03. The fraction of sp³-hybridized carbons (Fsp3) is 0.476. The molecule has 0 radical (unpaired) electrons. The molecular weight excluding hydrogens is 362 g/mol. The first-order valence-corrected chi connectivity index (χ1v) is 9.38. The van der Waals surface area contributed by atoms with Crippen LogP contribution in [0.15, 0.2) is 21.3 Å². The van der Waals surface area contributed by atoms with Gasteiger partial charge >= 0.3 is 11.6 Å². The maximum atomic E-state index is 12.5. The second-order valence-electron chi connectivity index (χ2n) is 7.94. The molecule has 3 rings (SSSR count). The average Bonchev–Trinajstić information content (AvgIpc) is 2.59. The summed E-state index contributed by atoms with van der Waals surface area (Å²) in [6.45, 7) is 7.29. The van der Waals surface area contributed by atoms with Crippen molar-refractivity contribution < 1.29 is 23.8 Å². The maximum absolute atomic E-state index is 12.5. The number of benzene rings is 1. The van der Waals surface area contributed by atoms with Crippen LogP contribution in [-0.4, -0.2) is 28.6 Å². The highest BCUT2D eigenvalue weighted by Gasteiger charge is 2.27. The van der Waals surface area contributed by atoms with E-state index in [4.69, 9.17) is 14.3 Å². The molecule has 1 aromatic heterocycles. The Morgan fingerprint density at radius 2 is 2.04 bits per heavy atom. The van der Waals surface area contributed by atoms with E-state index < -0.39 is 23.5 Å². The van der Waals surface area contributed by atoms with Crippen molar-refractivity contribution in [3.63, 3.8) is 0 Å². The Bertz CT molecular complexity index is 1000. The zero-order valence-electron chi connectivity index (χ0n) is 16.5. The summed E-state index contributed by atoms with van der Waals surface area (Å²) >= 11 is 0. The standard InChI is InChI=1S/C21H25NO6/c1-11-14(5-6-18(23)22-12(2)19(24)25)20(26)27-17-10-16-13(9-15(11)17)7-8-21(3,4)28-16/h9-10,12H,5-8H2,1-4H3,(H,22,23)(H,24,25)/t12-/m0/s1. The van der Waals surface area contributed by atoms with Gasteiger partial charge in [0, 0.05) is 23.4 Å². The van der Waals surface area contributed by atoms with Crippen molar-refractivity contribution in [2.75, 3.05) is 0 Å². The number of carbonyl (C=O) groups is 2. The molecule has 7 heteroatoms. The fourth-order valence-corrected chi connectivity index (χ4v) is 3.44. The van der Waals surface area contributed by atoms with Crippen LogP contribution in [0.2, 0.25) is 0 Å². The Hall–Kier alpha value is -2.83. The quantitative estimate of drug-likeness (QED) is 0.764. The number of aryl methyl sites for hydroxylation is 2. The molecule has 1 aliphatic rings. The number of rotatable bonds is 5. The van der Waals surface area contributed by atoms with Gasteiger partial charge in [-0.3, -0.25) is 9.59 Å². The molecule has 0 fully saturated rings. The van der Waals surface area contributed by atoms with Crippen LogP contribution in [0, 0.1) is 6.92 Å². The molecular formula is C21H25NO6. The molecule has 2 heterocycles. The Labute approximate surface area is 162 Å². The predicted octanol–water partition coefficient (Wildman–Crippen LogP) is 2.73. The molecule has 0 bridgehead atoms. The first-order valence-electron chi connectivity index (χ1n) is 9.38. The number of carboxylic acids is 1. The zero-order valence-corrected chi connectivity index (χ0v) is 16.5. The molecule has 7 nitrogen and oxygen atoms in total. The summed E-state index contributed by atoms with van der Waals surface area (Å²) in [5, 5.41) is 12.1. The highest BCUT2D eigenvalue weighted by atomic mass is 16.5. The molecule has 28 heavy (non-hydrogen) atoms. The van der Waals surface area contributed by atoms with Crippen LogP contribution in [0.1, 0.15) is 50.3 Å². The van der Waals surface area contributed by atoms with Gasteiger partial charge in [0.1, 0.15) is 23.0 Å². The molecule has 0 aliphatic carbocycles. The number of ether oxygens (including phenoxy) is 1. The lowest BCUT2D eigenvalue weighted by atomic mass is 9.92. The number of nitrogens with one attached hydrogen (secondary N) is 1. The molecule has 0 saturated heterocycles. The van der Waals surface area contributed by atoms with Crippen molar-refractivity contribution in [1.29, 1.82) is 0 Å². The van der Waals surface area contributed by atoms with E-state index in [0.29, 0.717) is 11.1 Å². The number of hydrogen-bond acceptors (Lipinski definition) is 5. The van der Waals surface area contributed by atoms with Crippen molar-refractivity contribution in [2.24, 2.45) is 0 Å². The second-order valence-corrected chi connectivity index (χ2v) is 7.94.